The smallest absolute Gasteiger partial charge is 0.293 e. The van der Waals surface area contributed by atoms with Crippen LogP contribution in [0.4, 0.5) is 0 Å². The summed E-state index contributed by atoms with van der Waals surface area (Å²) in [5.41, 5.74) is 3.43. The van der Waals surface area contributed by atoms with Crippen molar-refractivity contribution in [1.82, 2.24) is 19.2 Å². The number of halogens is 1. The van der Waals surface area contributed by atoms with Gasteiger partial charge in [0.15, 0.2) is 10.9 Å². The van der Waals surface area contributed by atoms with Crippen LogP contribution in [0, 0.1) is 13.8 Å². The molecule has 8 heteroatoms. The summed E-state index contributed by atoms with van der Waals surface area (Å²) in [4.78, 5) is 25.3. The van der Waals surface area contributed by atoms with Crippen molar-refractivity contribution < 1.29 is 4.79 Å². The highest BCUT2D eigenvalue weighted by molar-refractivity contribution is 7.99. The fourth-order valence-corrected chi connectivity index (χ4v) is 3.98. The molecule has 0 aliphatic rings. The summed E-state index contributed by atoms with van der Waals surface area (Å²) in [5, 5.41) is 9.02. The molecule has 0 radical (unpaired) electrons. The molecule has 0 bridgehead atoms. The van der Waals surface area contributed by atoms with Crippen LogP contribution in [0.1, 0.15) is 21.5 Å². The maximum atomic E-state index is 12.9. The summed E-state index contributed by atoms with van der Waals surface area (Å²) in [6.07, 6.45) is 3.41. The Morgan fingerprint density at radius 3 is 2.62 bits per heavy atom. The average Bonchev–Trinajstić information content (AvgIpc) is 3.13. The number of rotatable bonds is 5. The van der Waals surface area contributed by atoms with Crippen LogP contribution in [0.25, 0.3) is 11.3 Å². The minimum absolute atomic E-state index is 0.110. The molecule has 0 atom stereocenters. The Kier molecular flexibility index (Phi) is 5.25. The molecular weight excluding hydrogens is 408 g/mol. The molecule has 4 rings (SSSR count). The van der Waals surface area contributed by atoms with Gasteiger partial charge in [0.1, 0.15) is 0 Å². The number of benzene rings is 2. The molecular formula is C21H17ClN4O2S. The Morgan fingerprint density at radius 2 is 1.86 bits per heavy atom. The minimum atomic E-state index is -0.271. The van der Waals surface area contributed by atoms with Gasteiger partial charge in [-0.1, -0.05) is 41.6 Å². The summed E-state index contributed by atoms with van der Waals surface area (Å²) < 4.78 is 3.14. The van der Waals surface area contributed by atoms with Crippen molar-refractivity contribution in [2.45, 2.75) is 19.0 Å². The molecule has 0 spiro atoms. The summed E-state index contributed by atoms with van der Waals surface area (Å²) in [5.74, 6) is 0.0333. The molecule has 0 amide bonds. The van der Waals surface area contributed by atoms with E-state index < -0.39 is 0 Å². The van der Waals surface area contributed by atoms with Gasteiger partial charge >= 0.3 is 5.56 Å². The van der Waals surface area contributed by atoms with E-state index in [-0.39, 0.29) is 22.7 Å². The Hall–Kier alpha value is -2.90. The quantitative estimate of drug-likeness (QED) is 0.356. The molecule has 29 heavy (non-hydrogen) atoms. The predicted octanol–water partition coefficient (Wildman–Crippen LogP) is 4.13. The fourth-order valence-electron chi connectivity index (χ4n) is 2.94. The van der Waals surface area contributed by atoms with Crippen LogP contribution in [-0.2, 0) is 0 Å². The second-order valence-electron chi connectivity index (χ2n) is 6.61. The Morgan fingerprint density at radius 1 is 1.07 bits per heavy atom. The minimum Gasteiger partial charge on any atom is -0.293 e. The molecule has 6 nitrogen and oxygen atoms in total. The first-order chi connectivity index (χ1) is 14.0. The predicted molar refractivity (Wildman–Crippen MR) is 115 cm³/mol. The molecule has 0 aliphatic carbocycles. The zero-order chi connectivity index (χ0) is 20.5. The van der Waals surface area contributed by atoms with Crippen molar-refractivity contribution in [2.75, 3.05) is 5.75 Å². The lowest BCUT2D eigenvalue weighted by Gasteiger charge is -2.08. The number of hydrogen-bond acceptors (Lipinski definition) is 5. The third-order valence-corrected chi connectivity index (χ3v) is 5.99. The van der Waals surface area contributed by atoms with Gasteiger partial charge in [0.2, 0.25) is 5.65 Å². The van der Waals surface area contributed by atoms with E-state index in [4.69, 9.17) is 11.6 Å². The van der Waals surface area contributed by atoms with Gasteiger partial charge < -0.3 is 0 Å². The molecule has 0 aliphatic heterocycles. The van der Waals surface area contributed by atoms with E-state index in [1.165, 1.54) is 11.8 Å². The highest BCUT2D eigenvalue weighted by Crippen LogP contribution is 2.21. The van der Waals surface area contributed by atoms with Gasteiger partial charge in [0.05, 0.1) is 10.8 Å². The number of nitrogens with zero attached hydrogens (tertiary/aromatic N) is 4. The average molecular weight is 425 g/mol. The monoisotopic (exact) mass is 424 g/mol. The third kappa shape index (κ3) is 3.71. The lowest BCUT2D eigenvalue weighted by molar-refractivity contribution is 0.102. The highest BCUT2D eigenvalue weighted by Gasteiger charge is 2.15. The van der Waals surface area contributed by atoms with Crippen molar-refractivity contribution in [1.29, 1.82) is 0 Å². The van der Waals surface area contributed by atoms with E-state index >= 15 is 0 Å². The SMILES string of the molecule is Cc1ccc(-n2ccn3c(SCC(=O)c4ccccc4Cl)nnc3c2=O)cc1C. The molecule has 0 saturated heterocycles. The molecule has 4 aromatic rings. The van der Waals surface area contributed by atoms with E-state index in [2.05, 4.69) is 10.2 Å². The van der Waals surface area contributed by atoms with E-state index in [0.29, 0.717) is 15.7 Å². The first-order valence-electron chi connectivity index (χ1n) is 8.90. The van der Waals surface area contributed by atoms with Gasteiger partial charge in [-0.15, -0.1) is 10.2 Å². The van der Waals surface area contributed by atoms with E-state index in [1.807, 2.05) is 32.0 Å². The van der Waals surface area contributed by atoms with Crippen LogP contribution in [0.5, 0.6) is 0 Å². The number of Topliss-reactive ketones (excluding diaryl/α,β-unsaturated/α-hetero) is 1. The van der Waals surface area contributed by atoms with E-state index in [9.17, 15) is 9.59 Å². The number of aryl methyl sites for hydroxylation is 2. The highest BCUT2D eigenvalue weighted by atomic mass is 35.5. The number of carbonyl (C=O) groups is 1. The number of aromatic nitrogens is 4. The molecule has 0 fully saturated rings. The lowest BCUT2D eigenvalue weighted by atomic mass is 10.1. The van der Waals surface area contributed by atoms with Crippen LogP contribution in [-0.4, -0.2) is 30.7 Å². The summed E-state index contributed by atoms with van der Waals surface area (Å²) in [7, 11) is 0. The zero-order valence-corrected chi connectivity index (χ0v) is 17.4. The largest absolute Gasteiger partial charge is 0.300 e. The van der Waals surface area contributed by atoms with Crippen LogP contribution >= 0.6 is 23.4 Å². The first kappa shape index (κ1) is 19.4. The second-order valence-corrected chi connectivity index (χ2v) is 7.96. The van der Waals surface area contributed by atoms with Gasteiger partial charge in [0, 0.05) is 23.6 Å². The van der Waals surface area contributed by atoms with Gasteiger partial charge in [-0.3, -0.25) is 18.6 Å². The van der Waals surface area contributed by atoms with Crippen LogP contribution in [0.2, 0.25) is 5.02 Å². The number of carbonyl (C=O) groups excluding carboxylic acids is 1. The number of hydrogen-bond donors (Lipinski definition) is 0. The normalized spacial score (nSPS) is 11.1. The molecule has 2 aromatic carbocycles. The van der Waals surface area contributed by atoms with E-state index in [0.717, 1.165) is 16.8 Å². The molecule has 0 N–H and O–H groups in total. The summed E-state index contributed by atoms with van der Waals surface area (Å²) in [6.45, 7) is 4.03. The van der Waals surface area contributed by atoms with Crippen molar-refractivity contribution in [3.63, 3.8) is 0 Å². The van der Waals surface area contributed by atoms with Crippen LogP contribution in [0.3, 0.4) is 0 Å². The van der Waals surface area contributed by atoms with E-state index in [1.54, 1.807) is 45.6 Å². The topological polar surface area (TPSA) is 69.3 Å². The van der Waals surface area contributed by atoms with Gasteiger partial charge in [-0.2, -0.15) is 0 Å². The molecule has 0 saturated carbocycles. The summed E-state index contributed by atoms with van der Waals surface area (Å²) in [6, 6.07) is 12.8. The molecule has 2 aromatic heterocycles. The zero-order valence-electron chi connectivity index (χ0n) is 15.8. The number of fused-ring (bicyclic) bond motifs is 1. The third-order valence-electron chi connectivity index (χ3n) is 4.71. The van der Waals surface area contributed by atoms with Crippen molar-refractivity contribution in [3.05, 3.63) is 86.9 Å². The standard InChI is InChI=1S/C21H17ClN4O2S/c1-13-7-8-15(11-14(13)2)25-9-10-26-19(20(25)28)23-24-21(26)29-12-18(27)16-5-3-4-6-17(16)22/h3-11H,12H2,1-2H3. The fraction of sp³-hybridized carbons (Fsp3) is 0.143. The molecule has 146 valence electrons. The maximum Gasteiger partial charge on any atom is 0.300 e. The van der Waals surface area contributed by atoms with Gasteiger partial charge in [0.25, 0.3) is 0 Å². The second kappa shape index (κ2) is 7.85. The van der Waals surface area contributed by atoms with Gasteiger partial charge in [-0.05, 0) is 49.2 Å². The van der Waals surface area contributed by atoms with Crippen LogP contribution in [0.15, 0.2) is 64.8 Å². The lowest BCUT2D eigenvalue weighted by Crippen LogP contribution is -2.20. The molecule has 2 heterocycles. The first-order valence-corrected chi connectivity index (χ1v) is 10.3. The van der Waals surface area contributed by atoms with Crippen molar-refractivity contribution in [3.8, 4) is 5.69 Å². The van der Waals surface area contributed by atoms with Crippen molar-refractivity contribution >= 4 is 34.8 Å². The Labute approximate surface area is 176 Å². The number of ketones is 1. The Balaban J connectivity index is 1.62. The molecule has 0 unspecified atom stereocenters. The van der Waals surface area contributed by atoms with Crippen LogP contribution < -0.4 is 5.56 Å². The maximum absolute atomic E-state index is 12.9. The summed E-state index contributed by atoms with van der Waals surface area (Å²) >= 11 is 7.30. The van der Waals surface area contributed by atoms with Crippen molar-refractivity contribution in [2.24, 2.45) is 0 Å². The Bertz CT molecular complexity index is 1300. The van der Waals surface area contributed by atoms with Gasteiger partial charge in [-0.25, -0.2) is 0 Å². The number of thioether (sulfide) groups is 1.